The Morgan fingerprint density at radius 1 is 0.548 bits per heavy atom. The number of hydroxylamine groups is 2. The van der Waals surface area contributed by atoms with Crippen LogP contribution in [0.5, 0.6) is 0 Å². The van der Waals surface area contributed by atoms with Crippen molar-refractivity contribution < 1.29 is 34.0 Å². The topological polar surface area (TPSA) is 186 Å². The van der Waals surface area contributed by atoms with Crippen LogP contribution in [0.15, 0.2) is 0 Å². The Labute approximate surface area is 250 Å². The van der Waals surface area contributed by atoms with Gasteiger partial charge < -0.3 is 26.6 Å². The average Bonchev–Trinajstić information content (AvgIpc) is 2.94. The summed E-state index contributed by atoms with van der Waals surface area (Å²) < 4.78 is 0. The van der Waals surface area contributed by atoms with Crippen molar-refractivity contribution in [3.05, 3.63) is 0 Å². The molecule has 0 radical (unpaired) electrons. The zero-order valence-corrected chi connectivity index (χ0v) is 25.9. The van der Waals surface area contributed by atoms with Crippen molar-refractivity contribution in [2.24, 2.45) is 5.92 Å². The van der Waals surface area contributed by atoms with Gasteiger partial charge in [0.1, 0.15) is 0 Å². The Morgan fingerprint density at radius 3 is 1.36 bits per heavy atom. The first-order chi connectivity index (χ1) is 20.0. The first kappa shape index (κ1) is 38.8. The van der Waals surface area contributed by atoms with E-state index in [1.165, 1.54) is 6.92 Å². The predicted molar refractivity (Wildman–Crippen MR) is 159 cm³/mol. The van der Waals surface area contributed by atoms with Gasteiger partial charge in [0, 0.05) is 77.8 Å². The molecule has 0 aromatic heterocycles. The van der Waals surface area contributed by atoms with E-state index in [-0.39, 0.29) is 67.7 Å². The molecular weight excluding hydrogens is 544 g/mol. The zero-order valence-electron chi connectivity index (χ0n) is 25.9. The van der Waals surface area contributed by atoms with Gasteiger partial charge in [-0.15, -0.1) is 0 Å². The normalized spacial score (nSPS) is 10.6. The smallest absolute Gasteiger partial charge is 0.246 e. The van der Waals surface area contributed by atoms with Crippen molar-refractivity contribution >= 4 is 35.4 Å². The Balaban J connectivity index is 3.63. The van der Waals surface area contributed by atoms with Crippen LogP contribution in [0.1, 0.15) is 104 Å². The van der Waals surface area contributed by atoms with Gasteiger partial charge in [0.05, 0.1) is 0 Å². The molecule has 0 aliphatic carbocycles. The highest BCUT2D eigenvalue weighted by molar-refractivity contribution is 5.84. The second kappa shape index (κ2) is 25.5. The average molecular weight is 599 g/mol. The van der Waals surface area contributed by atoms with Crippen LogP contribution in [0.4, 0.5) is 0 Å². The highest BCUT2D eigenvalue weighted by atomic mass is 16.5. The molecule has 13 nitrogen and oxygen atoms in total. The third kappa shape index (κ3) is 24.6. The lowest BCUT2D eigenvalue weighted by molar-refractivity contribution is -0.166. The molecule has 13 heteroatoms. The number of carbonyl (C=O) groups is 6. The number of unbranched alkanes of at least 4 members (excludes halogenated alkanes) is 6. The van der Waals surface area contributed by atoms with E-state index in [0.29, 0.717) is 44.2 Å². The summed E-state index contributed by atoms with van der Waals surface area (Å²) in [5, 5.41) is 24.4. The van der Waals surface area contributed by atoms with E-state index in [1.807, 2.05) is 13.8 Å². The summed E-state index contributed by atoms with van der Waals surface area (Å²) in [6.07, 6.45) is 7.17. The monoisotopic (exact) mass is 598 g/mol. The van der Waals surface area contributed by atoms with E-state index in [4.69, 9.17) is 0 Å². The lowest BCUT2D eigenvalue weighted by Crippen LogP contribution is -2.31. The molecule has 0 rings (SSSR count). The Hall–Kier alpha value is -3.22. The minimum atomic E-state index is -0.498. The fourth-order valence-corrected chi connectivity index (χ4v) is 3.75. The highest BCUT2D eigenvalue weighted by Gasteiger charge is 2.13. The van der Waals surface area contributed by atoms with Crippen molar-refractivity contribution in [2.45, 2.75) is 104 Å². The quantitative estimate of drug-likeness (QED) is 0.0522. The summed E-state index contributed by atoms with van der Waals surface area (Å²) in [4.78, 5) is 69.9. The van der Waals surface area contributed by atoms with Gasteiger partial charge in [-0.3, -0.25) is 34.0 Å². The van der Waals surface area contributed by atoms with Crippen LogP contribution in [0.2, 0.25) is 0 Å². The van der Waals surface area contributed by atoms with Gasteiger partial charge in [-0.05, 0) is 57.8 Å². The van der Waals surface area contributed by atoms with Crippen molar-refractivity contribution in [3.63, 3.8) is 0 Å². The van der Waals surface area contributed by atoms with Crippen molar-refractivity contribution in [1.29, 1.82) is 0 Å². The van der Waals surface area contributed by atoms with Crippen LogP contribution in [0.25, 0.3) is 0 Å². The van der Waals surface area contributed by atoms with E-state index in [1.54, 1.807) is 0 Å². The molecular formula is C29H54N6O7. The molecule has 0 bridgehead atoms. The molecule has 0 aliphatic rings. The van der Waals surface area contributed by atoms with Gasteiger partial charge in [-0.2, -0.15) is 0 Å². The largest absolute Gasteiger partial charge is 0.356 e. The number of hydrogen-bond donors (Lipinski definition) is 6. The van der Waals surface area contributed by atoms with Crippen LogP contribution in [-0.4, -0.2) is 85.0 Å². The Morgan fingerprint density at radius 2 is 0.929 bits per heavy atom. The van der Waals surface area contributed by atoms with Crippen molar-refractivity contribution in [3.8, 4) is 0 Å². The Bertz CT molecular complexity index is 822. The van der Waals surface area contributed by atoms with Crippen LogP contribution in [0.3, 0.4) is 0 Å². The summed E-state index contributed by atoms with van der Waals surface area (Å²) in [5.41, 5.74) is 0. The molecule has 0 fully saturated rings. The summed E-state index contributed by atoms with van der Waals surface area (Å²) in [6, 6.07) is 0. The molecule has 0 saturated carbocycles. The molecule has 42 heavy (non-hydrogen) atoms. The SMILES string of the molecule is CC(=O)NCCCCCNC(=O)CCC(=O)NCCCCCNC(=O)CCC(=O)N(O)CCCCCNC(=O)C(C)C. The second-order valence-electron chi connectivity index (χ2n) is 10.7. The molecule has 0 heterocycles. The maximum atomic E-state index is 12.0. The molecule has 6 amide bonds. The maximum absolute atomic E-state index is 12.0. The zero-order chi connectivity index (χ0) is 31.6. The molecule has 0 aromatic rings. The number of carbonyl (C=O) groups excluding carboxylic acids is 6. The molecule has 0 aromatic carbocycles. The fraction of sp³-hybridized carbons (Fsp3) is 0.793. The summed E-state index contributed by atoms with van der Waals surface area (Å²) in [6.45, 7) is 8.03. The van der Waals surface area contributed by atoms with Crippen LogP contribution in [0, 0.1) is 5.92 Å². The van der Waals surface area contributed by atoms with E-state index < -0.39 is 5.91 Å². The van der Waals surface area contributed by atoms with Gasteiger partial charge in [0.25, 0.3) is 0 Å². The lowest BCUT2D eigenvalue weighted by Gasteiger charge is -2.15. The molecule has 0 unspecified atom stereocenters. The van der Waals surface area contributed by atoms with Gasteiger partial charge in [-0.1, -0.05) is 13.8 Å². The van der Waals surface area contributed by atoms with Gasteiger partial charge in [0.2, 0.25) is 35.4 Å². The van der Waals surface area contributed by atoms with Crippen LogP contribution < -0.4 is 26.6 Å². The van der Waals surface area contributed by atoms with Crippen LogP contribution in [-0.2, 0) is 28.8 Å². The van der Waals surface area contributed by atoms with E-state index in [9.17, 15) is 34.0 Å². The number of nitrogens with zero attached hydrogens (tertiary/aromatic N) is 1. The minimum absolute atomic E-state index is 0.000630. The predicted octanol–water partition coefficient (Wildman–Crippen LogP) is 1.53. The highest BCUT2D eigenvalue weighted by Crippen LogP contribution is 2.02. The number of nitrogens with one attached hydrogen (secondary N) is 5. The van der Waals surface area contributed by atoms with Crippen LogP contribution >= 0.6 is 0 Å². The molecule has 0 saturated heterocycles. The standard InChI is InChI=1S/C29H54N6O7/c1-23(2)29(41)34-21-11-6-12-22-35(42)28(40)16-15-27(39)33-20-10-5-9-19-32-26(38)14-13-25(37)31-18-8-4-7-17-30-24(3)36/h23,42H,4-22H2,1-3H3,(H,30,36)(H,31,37)(H,32,38)(H,33,39)(H,34,41). The van der Waals surface area contributed by atoms with Gasteiger partial charge >= 0.3 is 0 Å². The molecule has 0 aliphatic heterocycles. The van der Waals surface area contributed by atoms with E-state index in [0.717, 1.165) is 51.4 Å². The lowest BCUT2D eigenvalue weighted by atomic mass is 10.2. The summed E-state index contributed by atoms with van der Waals surface area (Å²) in [5.74, 6) is -1.18. The van der Waals surface area contributed by atoms with E-state index in [2.05, 4.69) is 26.6 Å². The second-order valence-corrected chi connectivity index (χ2v) is 10.7. The number of hydrogen-bond acceptors (Lipinski definition) is 7. The summed E-state index contributed by atoms with van der Waals surface area (Å²) in [7, 11) is 0. The summed E-state index contributed by atoms with van der Waals surface area (Å²) >= 11 is 0. The molecule has 6 N–H and O–H groups in total. The van der Waals surface area contributed by atoms with E-state index >= 15 is 0 Å². The molecule has 0 atom stereocenters. The minimum Gasteiger partial charge on any atom is -0.356 e. The van der Waals surface area contributed by atoms with Crippen molar-refractivity contribution in [2.75, 3.05) is 39.3 Å². The fourth-order valence-electron chi connectivity index (χ4n) is 3.75. The number of rotatable bonds is 25. The third-order valence-electron chi connectivity index (χ3n) is 6.35. The first-order valence-electron chi connectivity index (χ1n) is 15.3. The number of amides is 6. The first-order valence-corrected chi connectivity index (χ1v) is 15.3. The molecule has 242 valence electrons. The van der Waals surface area contributed by atoms with Gasteiger partial charge in [0.15, 0.2) is 0 Å². The van der Waals surface area contributed by atoms with Crippen molar-refractivity contribution in [1.82, 2.24) is 31.6 Å². The Kier molecular flexibility index (Phi) is 23.5. The molecule has 0 spiro atoms. The van der Waals surface area contributed by atoms with Gasteiger partial charge in [-0.25, -0.2) is 5.06 Å². The maximum Gasteiger partial charge on any atom is 0.246 e. The third-order valence-corrected chi connectivity index (χ3v) is 6.35.